The molecule has 2 atom stereocenters. The van der Waals surface area contributed by atoms with Crippen molar-refractivity contribution < 1.29 is 9.59 Å². The van der Waals surface area contributed by atoms with Crippen LogP contribution >= 0.6 is 0 Å². The molecule has 2 saturated heterocycles. The molecule has 3 aliphatic heterocycles. The predicted octanol–water partition coefficient (Wildman–Crippen LogP) is 1.82. The number of piperidine rings is 2. The summed E-state index contributed by atoms with van der Waals surface area (Å²) in [6.07, 6.45) is 7.18. The molecule has 4 heterocycles. The highest BCUT2D eigenvalue weighted by Crippen LogP contribution is 2.27. The SMILES string of the molecule is CC(=O)N1CCc2nc([C@@H]3CCCN(C(=O)CN4CCC[C@@H](C)C4)C3)ncc2C1. The minimum absolute atomic E-state index is 0.101. The fraction of sp³-hybridized carbons (Fsp3) is 0.727. The van der Waals surface area contributed by atoms with Gasteiger partial charge in [0.1, 0.15) is 5.82 Å². The van der Waals surface area contributed by atoms with Crippen molar-refractivity contribution in [2.75, 3.05) is 39.3 Å². The molecule has 3 aliphatic rings. The normalized spacial score (nSPS) is 25.6. The second-order valence-corrected chi connectivity index (χ2v) is 9.05. The summed E-state index contributed by atoms with van der Waals surface area (Å²) < 4.78 is 0. The van der Waals surface area contributed by atoms with E-state index >= 15 is 0 Å². The van der Waals surface area contributed by atoms with Crippen molar-refractivity contribution in [3.63, 3.8) is 0 Å². The van der Waals surface area contributed by atoms with E-state index in [-0.39, 0.29) is 17.7 Å². The second-order valence-electron chi connectivity index (χ2n) is 9.05. The first-order valence-corrected chi connectivity index (χ1v) is 11.1. The molecule has 4 rings (SSSR count). The van der Waals surface area contributed by atoms with Crippen molar-refractivity contribution in [2.24, 2.45) is 5.92 Å². The fourth-order valence-electron chi connectivity index (χ4n) is 4.93. The Labute approximate surface area is 173 Å². The molecule has 0 spiro atoms. The summed E-state index contributed by atoms with van der Waals surface area (Å²) in [6, 6.07) is 0. The molecule has 2 fully saturated rings. The standard InChI is InChI=1S/C22H33N5O2/c1-16-5-3-8-25(12-16)15-21(29)27-9-4-6-18(13-27)22-23-11-19-14-26(17(2)28)10-7-20(19)24-22/h11,16,18H,3-10,12-15H2,1-2H3/t16-,18-/m1/s1. The Hall–Kier alpha value is -2.02. The second kappa shape index (κ2) is 8.78. The van der Waals surface area contributed by atoms with Crippen LogP contribution in [0.5, 0.6) is 0 Å². The third-order valence-electron chi connectivity index (χ3n) is 6.64. The molecule has 7 heteroatoms. The highest BCUT2D eigenvalue weighted by molar-refractivity contribution is 5.78. The van der Waals surface area contributed by atoms with E-state index in [1.54, 1.807) is 6.92 Å². The molecule has 0 bridgehead atoms. The number of rotatable bonds is 3. The van der Waals surface area contributed by atoms with Crippen LogP contribution in [0.2, 0.25) is 0 Å². The van der Waals surface area contributed by atoms with Gasteiger partial charge in [-0.15, -0.1) is 0 Å². The van der Waals surface area contributed by atoms with Crippen LogP contribution < -0.4 is 0 Å². The largest absolute Gasteiger partial charge is 0.341 e. The Morgan fingerprint density at radius 2 is 1.93 bits per heavy atom. The van der Waals surface area contributed by atoms with Crippen LogP contribution in [0.25, 0.3) is 0 Å². The van der Waals surface area contributed by atoms with E-state index in [0.717, 1.165) is 69.1 Å². The van der Waals surface area contributed by atoms with Crippen LogP contribution in [0.15, 0.2) is 6.20 Å². The first-order valence-electron chi connectivity index (χ1n) is 11.1. The van der Waals surface area contributed by atoms with Gasteiger partial charge in [-0.1, -0.05) is 6.92 Å². The molecule has 0 saturated carbocycles. The lowest BCUT2D eigenvalue weighted by molar-refractivity contribution is -0.134. The average Bonchev–Trinajstić information content (AvgIpc) is 2.73. The quantitative estimate of drug-likeness (QED) is 0.775. The predicted molar refractivity (Wildman–Crippen MR) is 110 cm³/mol. The van der Waals surface area contributed by atoms with Crippen molar-refractivity contribution in [1.82, 2.24) is 24.7 Å². The summed E-state index contributed by atoms with van der Waals surface area (Å²) >= 11 is 0. The highest BCUT2D eigenvalue weighted by atomic mass is 16.2. The van der Waals surface area contributed by atoms with Gasteiger partial charge in [-0.25, -0.2) is 9.97 Å². The summed E-state index contributed by atoms with van der Waals surface area (Å²) in [7, 11) is 0. The monoisotopic (exact) mass is 399 g/mol. The van der Waals surface area contributed by atoms with Crippen LogP contribution in [0.3, 0.4) is 0 Å². The third-order valence-corrected chi connectivity index (χ3v) is 6.64. The molecule has 0 aromatic carbocycles. The van der Waals surface area contributed by atoms with E-state index in [2.05, 4.69) is 16.8 Å². The van der Waals surface area contributed by atoms with Crippen molar-refractivity contribution in [1.29, 1.82) is 0 Å². The number of fused-ring (bicyclic) bond motifs is 1. The van der Waals surface area contributed by atoms with Gasteiger partial charge in [0.2, 0.25) is 11.8 Å². The van der Waals surface area contributed by atoms with Crippen LogP contribution in [0.1, 0.15) is 62.5 Å². The molecule has 2 amide bonds. The lowest BCUT2D eigenvalue weighted by Crippen LogP contribution is -2.47. The van der Waals surface area contributed by atoms with E-state index in [0.29, 0.717) is 19.0 Å². The fourth-order valence-corrected chi connectivity index (χ4v) is 4.93. The number of carbonyl (C=O) groups excluding carboxylic acids is 2. The molecule has 0 unspecified atom stereocenters. The number of amides is 2. The maximum absolute atomic E-state index is 12.9. The molecule has 0 aliphatic carbocycles. The van der Waals surface area contributed by atoms with Gasteiger partial charge in [0.25, 0.3) is 0 Å². The van der Waals surface area contributed by atoms with Gasteiger partial charge in [0.15, 0.2) is 0 Å². The Kier molecular flexibility index (Phi) is 6.13. The maximum Gasteiger partial charge on any atom is 0.236 e. The number of hydrogen-bond acceptors (Lipinski definition) is 5. The lowest BCUT2D eigenvalue weighted by Gasteiger charge is -2.36. The Balaban J connectivity index is 1.38. The number of likely N-dealkylation sites (tertiary alicyclic amines) is 2. The van der Waals surface area contributed by atoms with Crippen molar-refractivity contribution >= 4 is 11.8 Å². The summed E-state index contributed by atoms with van der Waals surface area (Å²) in [6.45, 7) is 9.40. The van der Waals surface area contributed by atoms with Gasteiger partial charge in [0.05, 0.1) is 12.2 Å². The van der Waals surface area contributed by atoms with Gasteiger partial charge in [0, 0.05) is 63.7 Å². The molecule has 1 aromatic heterocycles. The number of hydrogen-bond donors (Lipinski definition) is 0. The van der Waals surface area contributed by atoms with Crippen LogP contribution in [-0.4, -0.2) is 75.8 Å². The van der Waals surface area contributed by atoms with Crippen LogP contribution in [-0.2, 0) is 22.6 Å². The van der Waals surface area contributed by atoms with E-state index in [4.69, 9.17) is 4.98 Å². The molecule has 1 aromatic rings. The van der Waals surface area contributed by atoms with Crippen molar-refractivity contribution in [2.45, 2.75) is 58.4 Å². The van der Waals surface area contributed by atoms with E-state index < -0.39 is 0 Å². The molecular weight excluding hydrogens is 366 g/mol. The van der Waals surface area contributed by atoms with Gasteiger partial charge < -0.3 is 9.80 Å². The van der Waals surface area contributed by atoms with Crippen LogP contribution in [0, 0.1) is 5.92 Å². The van der Waals surface area contributed by atoms with Gasteiger partial charge in [-0.3, -0.25) is 14.5 Å². The zero-order valence-corrected chi connectivity index (χ0v) is 17.8. The summed E-state index contributed by atoms with van der Waals surface area (Å²) in [5, 5.41) is 0. The average molecular weight is 400 g/mol. The first kappa shape index (κ1) is 20.3. The molecule has 0 radical (unpaired) electrons. The van der Waals surface area contributed by atoms with Gasteiger partial charge in [-0.2, -0.15) is 0 Å². The van der Waals surface area contributed by atoms with Crippen molar-refractivity contribution in [3.05, 3.63) is 23.3 Å². The number of carbonyl (C=O) groups is 2. The molecule has 0 N–H and O–H groups in total. The molecular formula is C22H33N5O2. The Morgan fingerprint density at radius 3 is 2.72 bits per heavy atom. The van der Waals surface area contributed by atoms with E-state index in [9.17, 15) is 9.59 Å². The lowest BCUT2D eigenvalue weighted by atomic mass is 9.96. The molecule has 158 valence electrons. The smallest absolute Gasteiger partial charge is 0.236 e. The van der Waals surface area contributed by atoms with Crippen LogP contribution in [0.4, 0.5) is 0 Å². The van der Waals surface area contributed by atoms with E-state index in [1.807, 2.05) is 16.0 Å². The highest BCUT2D eigenvalue weighted by Gasteiger charge is 2.29. The summed E-state index contributed by atoms with van der Waals surface area (Å²) in [5.74, 6) is 2.12. The van der Waals surface area contributed by atoms with Gasteiger partial charge in [-0.05, 0) is 38.1 Å². The molecule has 7 nitrogen and oxygen atoms in total. The van der Waals surface area contributed by atoms with Crippen molar-refractivity contribution in [3.8, 4) is 0 Å². The first-order chi connectivity index (χ1) is 14.0. The number of nitrogens with zero attached hydrogens (tertiary/aromatic N) is 5. The minimum Gasteiger partial charge on any atom is -0.341 e. The zero-order chi connectivity index (χ0) is 20.4. The summed E-state index contributed by atoms with van der Waals surface area (Å²) in [4.78, 5) is 40.2. The Morgan fingerprint density at radius 1 is 1.10 bits per heavy atom. The summed E-state index contributed by atoms with van der Waals surface area (Å²) in [5.41, 5.74) is 2.12. The third kappa shape index (κ3) is 4.77. The topological polar surface area (TPSA) is 69.6 Å². The molecule has 29 heavy (non-hydrogen) atoms. The van der Waals surface area contributed by atoms with Gasteiger partial charge >= 0.3 is 0 Å². The Bertz CT molecular complexity index is 768. The zero-order valence-electron chi connectivity index (χ0n) is 17.8. The minimum atomic E-state index is 0.101. The maximum atomic E-state index is 12.9. The van der Waals surface area contributed by atoms with E-state index in [1.165, 1.54) is 12.8 Å². The number of aromatic nitrogens is 2.